The van der Waals surface area contributed by atoms with Crippen LogP contribution in [0.15, 0.2) is 33.7 Å². The van der Waals surface area contributed by atoms with Gasteiger partial charge in [0.05, 0.1) is 18.0 Å². The van der Waals surface area contributed by atoms with Crippen LogP contribution in [0.2, 0.25) is 5.02 Å². The van der Waals surface area contributed by atoms with Crippen LogP contribution >= 0.6 is 11.6 Å². The minimum absolute atomic E-state index is 0.0269. The predicted octanol–water partition coefficient (Wildman–Crippen LogP) is 4.27. The molecule has 3 fully saturated rings. The highest BCUT2D eigenvalue weighted by atomic mass is 35.5. The molecule has 198 valence electrons. The molecule has 3 aliphatic rings. The van der Waals surface area contributed by atoms with Crippen LogP contribution in [-0.4, -0.2) is 64.1 Å². The molecule has 2 heterocycles. The second kappa shape index (κ2) is 9.66. The van der Waals surface area contributed by atoms with Gasteiger partial charge in [-0.15, -0.1) is 0 Å². The van der Waals surface area contributed by atoms with Crippen LogP contribution in [0, 0.1) is 11.3 Å². The first-order valence-corrected chi connectivity index (χ1v) is 14.8. The summed E-state index contributed by atoms with van der Waals surface area (Å²) in [5, 5.41) is 14.4. The Labute approximate surface area is 219 Å². The molecule has 0 amide bonds. The molecule has 2 aliphatic carbocycles. The lowest BCUT2D eigenvalue weighted by molar-refractivity contribution is 0.0708. The average molecular weight is 537 g/mol. The number of piperidine rings is 1. The summed E-state index contributed by atoms with van der Waals surface area (Å²) in [6.45, 7) is 4.41. The summed E-state index contributed by atoms with van der Waals surface area (Å²) in [6, 6.07) is 6.53. The fourth-order valence-electron chi connectivity index (χ4n) is 5.64. The van der Waals surface area contributed by atoms with E-state index in [9.17, 15) is 13.5 Å². The molecule has 0 bridgehead atoms. The van der Waals surface area contributed by atoms with Gasteiger partial charge in [-0.25, -0.2) is 8.42 Å². The van der Waals surface area contributed by atoms with Crippen LogP contribution in [0.3, 0.4) is 0 Å². The van der Waals surface area contributed by atoms with Gasteiger partial charge < -0.3 is 9.63 Å². The van der Waals surface area contributed by atoms with Gasteiger partial charge in [0.15, 0.2) is 5.82 Å². The highest BCUT2D eigenvalue weighted by Gasteiger charge is 2.58. The molecule has 0 radical (unpaired) electrons. The molecule has 5 rings (SSSR count). The van der Waals surface area contributed by atoms with Gasteiger partial charge in [0, 0.05) is 29.1 Å². The minimum Gasteiger partial charge on any atom is -0.394 e. The first kappa shape index (κ1) is 26.1. The molecule has 2 atom stereocenters. The van der Waals surface area contributed by atoms with Crippen LogP contribution in [0.4, 0.5) is 0 Å². The van der Waals surface area contributed by atoms with Gasteiger partial charge in [-0.3, -0.25) is 4.90 Å². The Hall–Kier alpha value is -1.52. The molecular weight excluding hydrogens is 500 g/mol. The van der Waals surface area contributed by atoms with E-state index in [-0.39, 0.29) is 24.1 Å². The lowest BCUT2D eigenvalue weighted by atomic mass is 9.83. The van der Waals surface area contributed by atoms with E-state index in [1.54, 1.807) is 24.3 Å². The molecule has 0 unspecified atom stereocenters. The Morgan fingerprint density at radius 3 is 2.50 bits per heavy atom. The van der Waals surface area contributed by atoms with Crippen molar-refractivity contribution in [1.82, 2.24) is 19.3 Å². The maximum absolute atomic E-state index is 14.0. The number of rotatable bonds is 10. The summed E-state index contributed by atoms with van der Waals surface area (Å²) >= 11 is 6.06. The summed E-state index contributed by atoms with van der Waals surface area (Å²) in [5.41, 5.74) is -0.567. The highest BCUT2D eigenvalue weighted by molar-refractivity contribution is 7.89. The van der Waals surface area contributed by atoms with Gasteiger partial charge in [-0.2, -0.15) is 9.29 Å². The van der Waals surface area contributed by atoms with Crippen molar-refractivity contribution in [3.05, 3.63) is 41.0 Å². The van der Waals surface area contributed by atoms with Crippen LogP contribution in [0.1, 0.15) is 70.5 Å². The summed E-state index contributed by atoms with van der Waals surface area (Å²) in [6.07, 6.45) is 7.50. The Kier molecular flexibility index (Phi) is 7.00. The molecule has 2 saturated carbocycles. The Morgan fingerprint density at radius 2 is 1.89 bits per heavy atom. The molecule has 36 heavy (non-hydrogen) atoms. The van der Waals surface area contributed by atoms with Crippen molar-refractivity contribution in [3.8, 4) is 0 Å². The maximum atomic E-state index is 14.0. The number of likely N-dealkylation sites (N-methyl/N-ethyl adjacent to an activating group) is 1. The molecule has 2 aromatic rings. The van der Waals surface area contributed by atoms with Gasteiger partial charge in [0.1, 0.15) is 0 Å². The van der Waals surface area contributed by atoms with Crippen molar-refractivity contribution in [2.24, 2.45) is 11.3 Å². The normalized spacial score (nSPS) is 24.8. The van der Waals surface area contributed by atoms with Crippen LogP contribution in [-0.2, 0) is 23.0 Å². The second-order valence-corrected chi connectivity index (χ2v) is 13.9. The van der Waals surface area contributed by atoms with Crippen molar-refractivity contribution >= 4 is 21.6 Å². The third-order valence-corrected chi connectivity index (χ3v) is 10.8. The number of halogens is 1. The van der Waals surface area contributed by atoms with E-state index in [1.807, 2.05) is 30.1 Å². The topological polar surface area (TPSA) is 99.8 Å². The zero-order valence-corrected chi connectivity index (χ0v) is 22.9. The third kappa shape index (κ3) is 5.10. The van der Waals surface area contributed by atoms with E-state index in [1.165, 1.54) is 0 Å². The summed E-state index contributed by atoms with van der Waals surface area (Å²) in [4.78, 5) is 6.97. The smallest absolute Gasteiger partial charge is 0.243 e. The van der Waals surface area contributed by atoms with Crippen molar-refractivity contribution in [2.45, 2.75) is 94.3 Å². The molecule has 8 nitrogen and oxygen atoms in total. The fourth-order valence-corrected chi connectivity index (χ4v) is 7.79. The number of sulfonamides is 1. The number of benzene rings is 1. The highest BCUT2D eigenvalue weighted by Crippen LogP contribution is 2.58. The number of hydrogen-bond acceptors (Lipinski definition) is 7. The largest absolute Gasteiger partial charge is 0.394 e. The maximum Gasteiger partial charge on any atom is 0.243 e. The van der Waals surface area contributed by atoms with E-state index in [4.69, 9.17) is 16.1 Å². The van der Waals surface area contributed by atoms with Gasteiger partial charge >= 0.3 is 0 Å². The number of aromatic nitrogens is 2. The molecule has 1 aromatic heterocycles. The van der Waals surface area contributed by atoms with Crippen LogP contribution in [0.5, 0.6) is 0 Å². The van der Waals surface area contributed by atoms with Crippen molar-refractivity contribution in [1.29, 1.82) is 0 Å². The first-order chi connectivity index (χ1) is 17.1. The van der Waals surface area contributed by atoms with Gasteiger partial charge in [-0.1, -0.05) is 23.2 Å². The van der Waals surface area contributed by atoms with E-state index in [0.29, 0.717) is 40.5 Å². The van der Waals surface area contributed by atoms with Gasteiger partial charge in [0.25, 0.3) is 0 Å². The molecule has 1 aromatic carbocycles. The SMILES string of the molecule is CN(Cc1noc(CC2([C@H]3CCC[C@@H](C4CC4)N3S(=O)(=O)c3ccc(Cl)cc3)CC2)n1)C(C)(C)CO. The van der Waals surface area contributed by atoms with Crippen LogP contribution < -0.4 is 0 Å². The summed E-state index contributed by atoms with van der Waals surface area (Å²) < 4.78 is 35.6. The fraction of sp³-hybridized carbons (Fsp3) is 0.692. The monoisotopic (exact) mass is 536 g/mol. The van der Waals surface area contributed by atoms with Crippen molar-refractivity contribution < 1.29 is 18.0 Å². The standard InChI is InChI=1S/C26H37ClN4O4S/c1-25(2,17-32)30(3)16-23-28-24(35-29-23)15-26(13-14-26)22-6-4-5-21(18-7-8-18)31(22)36(33,34)20-11-9-19(27)10-12-20/h9-12,18,21-22,32H,4-8,13-17H2,1-3H3/t21-,22+/m0/s1. The Balaban J connectivity index is 1.39. The molecule has 1 aliphatic heterocycles. The average Bonchev–Trinajstić information content (AvgIpc) is 3.78. The summed E-state index contributed by atoms with van der Waals surface area (Å²) in [5.74, 6) is 1.59. The number of aliphatic hydroxyl groups is 1. The summed E-state index contributed by atoms with van der Waals surface area (Å²) in [7, 11) is -1.75. The van der Waals surface area contributed by atoms with Gasteiger partial charge in [-0.05, 0) is 95.0 Å². The number of aliphatic hydroxyl groups excluding tert-OH is 1. The molecule has 1 saturated heterocycles. The molecule has 10 heteroatoms. The van der Waals surface area contributed by atoms with Gasteiger partial charge in [0.2, 0.25) is 15.9 Å². The van der Waals surface area contributed by atoms with Crippen molar-refractivity contribution in [3.63, 3.8) is 0 Å². The van der Waals surface area contributed by atoms with E-state index >= 15 is 0 Å². The molecular formula is C26H37ClN4O4S. The minimum atomic E-state index is -3.67. The zero-order chi connectivity index (χ0) is 25.7. The van der Waals surface area contributed by atoms with E-state index < -0.39 is 15.6 Å². The zero-order valence-electron chi connectivity index (χ0n) is 21.4. The van der Waals surface area contributed by atoms with E-state index in [0.717, 1.165) is 44.9 Å². The number of hydrogen-bond donors (Lipinski definition) is 1. The lowest BCUT2D eigenvalue weighted by Crippen LogP contribution is -2.54. The number of nitrogens with zero attached hydrogens (tertiary/aromatic N) is 4. The van der Waals surface area contributed by atoms with Crippen molar-refractivity contribution in [2.75, 3.05) is 13.7 Å². The Morgan fingerprint density at radius 1 is 1.19 bits per heavy atom. The molecule has 1 N–H and O–H groups in total. The molecule has 0 spiro atoms. The van der Waals surface area contributed by atoms with Crippen LogP contribution in [0.25, 0.3) is 0 Å². The quantitative estimate of drug-likeness (QED) is 0.484. The second-order valence-electron chi connectivity index (χ2n) is 11.6. The Bertz CT molecular complexity index is 1170. The predicted molar refractivity (Wildman–Crippen MR) is 137 cm³/mol. The first-order valence-electron chi connectivity index (χ1n) is 13.0. The third-order valence-electron chi connectivity index (χ3n) is 8.58. The lowest BCUT2D eigenvalue weighted by Gasteiger charge is -2.45. The van der Waals surface area contributed by atoms with E-state index in [2.05, 4.69) is 10.1 Å².